The highest BCUT2D eigenvalue weighted by atomic mass is 16.3. The molecule has 2 aliphatic heterocycles. The lowest BCUT2D eigenvalue weighted by Gasteiger charge is -2.45. The fourth-order valence-electron chi connectivity index (χ4n) is 13.8. The van der Waals surface area contributed by atoms with Crippen LogP contribution >= 0.6 is 0 Å². The summed E-state index contributed by atoms with van der Waals surface area (Å²) in [4.78, 5) is 7.60. The van der Waals surface area contributed by atoms with Gasteiger partial charge < -0.3 is 32.4 Å². The lowest BCUT2D eigenvalue weighted by molar-refractivity contribution is 0.587. The Labute approximate surface area is 473 Å². The van der Waals surface area contributed by atoms with Gasteiger partial charge in [0.15, 0.2) is 0 Å². The van der Waals surface area contributed by atoms with Crippen LogP contribution < -0.4 is 31.1 Å². The Morgan fingerprint density at radius 3 is 1.06 bits per heavy atom. The second-order valence-electron chi connectivity index (χ2n) is 24.4. The molecule has 4 aromatic heterocycles. The molecule has 15 aromatic rings. The molecule has 0 saturated heterocycles. The largest absolute Gasteiger partial charge is 0.456 e. The molecule has 0 atom stereocenters. The molecule has 82 heavy (non-hydrogen) atoms. The van der Waals surface area contributed by atoms with Gasteiger partial charge in [-0.05, 0) is 148 Å². The highest BCUT2D eigenvalue weighted by Crippen LogP contribution is 2.53. The molecule has 11 aromatic carbocycles. The topological polar surface area (TPSA) is 62.3 Å². The molecule has 0 radical (unpaired) electrons. The van der Waals surface area contributed by atoms with Crippen LogP contribution in [0.15, 0.2) is 236 Å². The monoisotopic (exact) mass is 1060 g/mol. The predicted octanol–water partition coefficient (Wildman–Crippen LogP) is 19.4. The molecule has 0 unspecified atom stereocenters. The first-order valence-electron chi connectivity index (χ1n) is 28.4. The predicted molar refractivity (Wildman–Crippen MR) is 342 cm³/mol. The first-order chi connectivity index (χ1) is 39.9. The van der Waals surface area contributed by atoms with Gasteiger partial charge in [0, 0.05) is 88.6 Å². The molecular formula is C74H54BN3O4. The van der Waals surface area contributed by atoms with Crippen molar-refractivity contribution in [2.24, 2.45) is 0 Å². The van der Waals surface area contributed by atoms with Crippen molar-refractivity contribution in [2.75, 3.05) is 14.7 Å². The summed E-state index contributed by atoms with van der Waals surface area (Å²) in [5.74, 6) is 0. The lowest BCUT2D eigenvalue weighted by Crippen LogP contribution is -2.61. The zero-order valence-electron chi connectivity index (χ0n) is 46.3. The molecule has 0 fully saturated rings. The minimum Gasteiger partial charge on any atom is -0.456 e. The zero-order chi connectivity index (χ0) is 54.9. The van der Waals surface area contributed by atoms with E-state index in [1.54, 1.807) is 0 Å². The minimum absolute atomic E-state index is 0.210. The molecule has 0 amide bonds. The van der Waals surface area contributed by atoms with E-state index in [2.05, 4.69) is 262 Å². The van der Waals surface area contributed by atoms with Crippen molar-refractivity contribution in [1.29, 1.82) is 0 Å². The lowest BCUT2D eigenvalue weighted by atomic mass is 9.33. The van der Waals surface area contributed by atoms with Crippen LogP contribution in [0.25, 0.3) is 87.8 Å². The summed E-state index contributed by atoms with van der Waals surface area (Å²) >= 11 is 0. The van der Waals surface area contributed by atoms with Crippen LogP contribution in [0, 0.1) is 0 Å². The Hall–Kier alpha value is -9.92. The van der Waals surface area contributed by atoms with Gasteiger partial charge in [-0.2, -0.15) is 0 Å². The molecule has 0 spiro atoms. The summed E-state index contributed by atoms with van der Waals surface area (Å²) in [6.45, 7) is 13.7. The average molecular weight is 1060 g/mol. The quantitative estimate of drug-likeness (QED) is 0.159. The fourth-order valence-corrected chi connectivity index (χ4v) is 13.8. The fraction of sp³-hybridized carbons (Fsp3) is 0.108. The van der Waals surface area contributed by atoms with Gasteiger partial charge in [0.05, 0.1) is 5.69 Å². The second-order valence-corrected chi connectivity index (χ2v) is 24.4. The van der Waals surface area contributed by atoms with E-state index in [-0.39, 0.29) is 17.5 Å². The van der Waals surface area contributed by atoms with E-state index >= 15 is 0 Å². The Kier molecular flexibility index (Phi) is 9.63. The number of benzene rings is 11. The van der Waals surface area contributed by atoms with Gasteiger partial charge in [-0.15, -0.1) is 0 Å². The maximum absolute atomic E-state index is 6.89. The summed E-state index contributed by atoms with van der Waals surface area (Å²) in [6, 6.07) is 79.3. The number of hydrogen-bond donors (Lipinski definition) is 0. The van der Waals surface area contributed by atoms with Crippen molar-refractivity contribution in [3.05, 3.63) is 230 Å². The molecular weight excluding hydrogens is 1010 g/mol. The normalized spacial score (nSPS) is 13.4. The standard InChI is InChI=1S/C74H54BN3O4/c1-73(2,3)54-23-11-13-25-58(54)78(59-26-14-12-24-55(59)74(4,5)6)45-37-62-72-63(38-45)77(44-32-34-69-51(36-44)47-20-8-16-28-65(47)80-69)61-40-53-49-22-10-18-30-67(49)82-71(53)42-57(61)75(72)56-41-70-52(48-21-9-17-29-66(48)81-70)39-60(56)76(62)43-31-33-68-50(35-43)46-19-7-15-27-64(46)79-68/h7-42H,1-6H3. The van der Waals surface area contributed by atoms with Gasteiger partial charge in [0.2, 0.25) is 0 Å². The SMILES string of the molecule is CC(C)(C)c1ccccc1N(c1cc2c3c(c1)N(c1ccc4oc5ccccc5c4c1)c1cc4c(cc1B3c1cc3oc5ccccc5c3cc1N2c1ccc2oc3ccccc3c2c1)oc1ccccc14)c1ccccc1C(C)(C)C. The average Bonchev–Trinajstić information content (AvgIpc) is 2.48. The highest BCUT2D eigenvalue weighted by molar-refractivity contribution is 7.00. The Morgan fingerprint density at radius 2 is 0.659 bits per heavy atom. The molecule has 8 heteroatoms. The number of hydrogen-bond acceptors (Lipinski definition) is 7. The van der Waals surface area contributed by atoms with E-state index in [1.807, 2.05) is 12.1 Å². The van der Waals surface area contributed by atoms with Gasteiger partial charge in [0.25, 0.3) is 6.71 Å². The second kappa shape index (κ2) is 16.8. The molecule has 0 aliphatic carbocycles. The number of furan rings is 4. The van der Waals surface area contributed by atoms with Crippen LogP contribution in [0.3, 0.4) is 0 Å². The van der Waals surface area contributed by atoms with Crippen molar-refractivity contribution in [3.63, 3.8) is 0 Å². The van der Waals surface area contributed by atoms with Crippen molar-refractivity contribution in [2.45, 2.75) is 52.4 Å². The van der Waals surface area contributed by atoms with E-state index < -0.39 is 0 Å². The van der Waals surface area contributed by atoms with Crippen LogP contribution in [-0.2, 0) is 10.8 Å². The van der Waals surface area contributed by atoms with Crippen LogP contribution in [-0.4, -0.2) is 6.71 Å². The molecule has 2 aliphatic rings. The van der Waals surface area contributed by atoms with Gasteiger partial charge >= 0.3 is 0 Å². The summed E-state index contributed by atoms with van der Waals surface area (Å²) < 4.78 is 26.9. The summed E-state index contributed by atoms with van der Waals surface area (Å²) in [5, 5.41) is 8.50. The van der Waals surface area contributed by atoms with Crippen LogP contribution in [0.5, 0.6) is 0 Å². The molecule has 7 nitrogen and oxygen atoms in total. The third-order valence-corrected chi connectivity index (χ3v) is 17.4. The van der Waals surface area contributed by atoms with E-state index in [9.17, 15) is 0 Å². The van der Waals surface area contributed by atoms with Crippen molar-refractivity contribution in [1.82, 2.24) is 0 Å². The van der Waals surface area contributed by atoms with Gasteiger partial charge in [-0.1, -0.05) is 151 Å². The van der Waals surface area contributed by atoms with Crippen LogP contribution in [0.4, 0.5) is 51.2 Å². The Bertz CT molecular complexity index is 4880. The van der Waals surface area contributed by atoms with E-state index in [0.717, 1.165) is 155 Å². The summed E-state index contributed by atoms with van der Waals surface area (Å²) in [7, 11) is 0. The van der Waals surface area contributed by atoms with Crippen LogP contribution in [0.2, 0.25) is 0 Å². The molecule has 17 rings (SSSR count). The third kappa shape index (κ3) is 6.78. The first kappa shape index (κ1) is 46.9. The van der Waals surface area contributed by atoms with E-state index in [4.69, 9.17) is 17.7 Å². The Morgan fingerprint density at radius 1 is 0.317 bits per heavy atom. The minimum atomic E-state index is -0.277. The zero-order valence-corrected chi connectivity index (χ0v) is 46.3. The summed E-state index contributed by atoms with van der Waals surface area (Å²) in [6.07, 6.45) is 0. The third-order valence-electron chi connectivity index (χ3n) is 17.4. The van der Waals surface area contributed by atoms with E-state index in [0.29, 0.717) is 0 Å². The number of rotatable bonds is 5. The summed E-state index contributed by atoms with van der Waals surface area (Å²) in [5.41, 5.74) is 21.8. The molecule has 392 valence electrons. The molecule has 6 heterocycles. The first-order valence-corrected chi connectivity index (χ1v) is 28.4. The molecule has 0 bridgehead atoms. The van der Waals surface area contributed by atoms with Crippen molar-refractivity contribution >= 4 is 162 Å². The Balaban J connectivity index is 1.06. The number of fused-ring (bicyclic) bond motifs is 16. The highest BCUT2D eigenvalue weighted by Gasteiger charge is 2.46. The number of nitrogens with zero attached hydrogens (tertiary/aromatic N) is 3. The van der Waals surface area contributed by atoms with Gasteiger partial charge in [-0.3, -0.25) is 0 Å². The van der Waals surface area contributed by atoms with Crippen molar-refractivity contribution < 1.29 is 17.7 Å². The maximum Gasteiger partial charge on any atom is 0.252 e. The smallest absolute Gasteiger partial charge is 0.252 e. The maximum atomic E-state index is 6.89. The van der Waals surface area contributed by atoms with Crippen molar-refractivity contribution in [3.8, 4) is 0 Å². The molecule has 0 saturated carbocycles. The van der Waals surface area contributed by atoms with Gasteiger partial charge in [-0.25, -0.2) is 0 Å². The van der Waals surface area contributed by atoms with Gasteiger partial charge in [0.1, 0.15) is 44.7 Å². The number of para-hydroxylation sites is 6. The van der Waals surface area contributed by atoms with E-state index in [1.165, 1.54) is 11.1 Å². The number of anilines is 9. The molecule has 0 N–H and O–H groups in total. The van der Waals surface area contributed by atoms with Crippen LogP contribution in [0.1, 0.15) is 52.7 Å².